The normalized spacial score (nSPS) is 13.6. The van der Waals surface area contributed by atoms with Gasteiger partial charge in [-0.25, -0.2) is 0 Å². The number of carbonyl (C=O) groups is 1. The van der Waals surface area contributed by atoms with E-state index >= 15 is 0 Å². The number of aliphatic hydroxyl groups is 1. The van der Waals surface area contributed by atoms with Crippen molar-refractivity contribution in [3.05, 3.63) is 77.3 Å². The molecule has 0 radical (unpaired) electrons. The van der Waals surface area contributed by atoms with Crippen LogP contribution in [0.2, 0.25) is 5.02 Å². The van der Waals surface area contributed by atoms with E-state index in [9.17, 15) is 9.90 Å². The van der Waals surface area contributed by atoms with Crippen LogP contribution in [0.1, 0.15) is 24.8 Å². The zero-order valence-corrected chi connectivity index (χ0v) is 16.0. The van der Waals surface area contributed by atoms with Crippen molar-refractivity contribution in [2.75, 3.05) is 0 Å². The minimum absolute atomic E-state index is 0.0725. The third kappa shape index (κ3) is 7.65. The van der Waals surface area contributed by atoms with Crippen LogP contribution in [0.15, 0.2) is 71.6 Å². The summed E-state index contributed by atoms with van der Waals surface area (Å²) in [6.07, 6.45) is 5.24. The number of halogens is 1. The van der Waals surface area contributed by atoms with Gasteiger partial charge in [0.05, 0.1) is 11.4 Å². The van der Waals surface area contributed by atoms with Crippen molar-refractivity contribution in [3.63, 3.8) is 0 Å². The summed E-state index contributed by atoms with van der Waals surface area (Å²) in [5.41, 5.74) is 1.21. The van der Waals surface area contributed by atoms with Crippen LogP contribution in [0.5, 0.6) is 0 Å². The number of allylic oxidation sites excluding steroid dienone is 1. The van der Waals surface area contributed by atoms with Crippen molar-refractivity contribution in [1.82, 2.24) is 0 Å². The second-order valence-electron chi connectivity index (χ2n) is 6.01. The van der Waals surface area contributed by atoms with Crippen molar-refractivity contribution < 1.29 is 15.0 Å². The maximum absolute atomic E-state index is 10.7. The Morgan fingerprint density at radius 2 is 1.81 bits per heavy atom. The molecule has 2 N–H and O–H groups in total. The molecule has 0 aliphatic carbocycles. The molecule has 0 heterocycles. The van der Waals surface area contributed by atoms with E-state index in [1.807, 2.05) is 48.5 Å². The molecular weight excluding hydrogens is 368 g/mol. The number of rotatable bonds is 10. The number of hydrogen-bond donors (Lipinski definition) is 2. The molecular formula is C21H23ClO3S. The zero-order valence-electron chi connectivity index (χ0n) is 14.4. The van der Waals surface area contributed by atoms with E-state index in [0.717, 1.165) is 11.3 Å². The van der Waals surface area contributed by atoms with Crippen LogP contribution in [0.25, 0.3) is 0 Å². The highest BCUT2D eigenvalue weighted by molar-refractivity contribution is 8.00. The number of carboxylic acid groups (broad SMARTS) is 1. The maximum atomic E-state index is 10.7. The lowest BCUT2D eigenvalue weighted by Gasteiger charge is -2.19. The highest BCUT2D eigenvalue weighted by Gasteiger charge is 2.18. The molecule has 3 nitrogen and oxygen atoms in total. The van der Waals surface area contributed by atoms with Crippen molar-refractivity contribution in [2.24, 2.45) is 0 Å². The lowest BCUT2D eigenvalue weighted by atomic mass is 10.1. The van der Waals surface area contributed by atoms with Crippen LogP contribution in [0.3, 0.4) is 0 Å². The summed E-state index contributed by atoms with van der Waals surface area (Å²) in [5.74, 6) is -0.835. The standard InChI is InChI=1S/C21H23ClO3S/c22-17-12-14-18(15-13-17)26-20(19(23)9-5-11-21(24)25)10-4-8-16-6-2-1-3-7-16/h1-4,6-7,10,12-15,19-20,23H,5,8-9,11H2,(H,24,25)/t19-,20+/m1/s1. The van der Waals surface area contributed by atoms with E-state index in [1.165, 1.54) is 5.56 Å². The van der Waals surface area contributed by atoms with Crippen molar-refractivity contribution in [3.8, 4) is 0 Å². The third-order valence-electron chi connectivity index (χ3n) is 3.88. The zero-order chi connectivity index (χ0) is 18.8. The Kier molecular flexibility index (Phi) is 8.75. The van der Waals surface area contributed by atoms with Crippen LogP contribution in [-0.4, -0.2) is 27.5 Å². The van der Waals surface area contributed by atoms with E-state index in [-0.39, 0.29) is 11.7 Å². The summed E-state index contributed by atoms with van der Waals surface area (Å²) in [4.78, 5) is 11.7. The average molecular weight is 391 g/mol. The second kappa shape index (κ2) is 11.1. The second-order valence-corrected chi connectivity index (χ2v) is 7.70. The van der Waals surface area contributed by atoms with E-state index in [4.69, 9.17) is 16.7 Å². The molecule has 0 amide bonds. The summed E-state index contributed by atoms with van der Waals surface area (Å²) in [5, 5.41) is 19.9. The van der Waals surface area contributed by atoms with Gasteiger partial charge in [-0.05, 0) is 49.1 Å². The Bertz CT molecular complexity index is 701. The molecule has 2 rings (SSSR count). The van der Waals surface area contributed by atoms with Crippen LogP contribution >= 0.6 is 23.4 Å². The minimum Gasteiger partial charge on any atom is -0.481 e. The quantitative estimate of drug-likeness (QED) is 0.431. The molecule has 26 heavy (non-hydrogen) atoms. The molecule has 2 aromatic carbocycles. The highest BCUT2D eigenvalue weighted by Crippen LogP contribution is 2.29. The van der Waals surface area contributed by atoms with E-state index in [2.05, 4.69) is 18.2 Å². The fraction of sp³-hybridized carbons (Fsp3) is 0.286. The topological polar surface area (TPSA) is 57.5 Å². The summed E-state index contributed by atoms with van der Waals surface area (Å²) >= 11 is 7.49. The molecule has 0 aromatic heterocycles. The Hall–Kier alpha value is -1.75. The Labute approximate surface area is 163 Å². The number of thioether (sulfide) groups is 1. The van der Waals surface area contributed by atoms with Gasteiger partial charge in [-0.2, -0.15) is 0 Å². The Morgan fingerprint density at radius 1 is 1.12 bits per heavy atom. The lowest BCUT2D eigenvalue weighted by Crippen LogP contribution is -2.21. The van der Waals surface area contributed by atoms with E-state index < -0.39 is 12.1 Å². The first-order valence-corrected chi connectivity index (χ1v) is 9.83. The molecule has 0 aliphatic heterocycles. The van der Waals surface area contributed by atoms with Gasteiger partial charge in [0.15, 0.2) is 0 Å². The number of carboxylic acids is 1. The van der Waals surface area contributed by atoms with Gasteiger partial charge in [-0.3, -0.25) is 4.79 Å². The predicted molar refractivity (Wildman–Crippen MR) is 108 cm³/mol. The molecule has 0 bridgehead atoms. The van der Waals surface area contributed by atoms with E-state index in [0.29, 0.717) is 17.9 Å². The minimum atomic E-state index is -0.835. The molecule has 0 aliphatic rings. The number of aliphatic carboxylic acids is 1. The molecule has 0 saturated carbocycles. The fourth-order valence-corrected chi connectivity index (χ4v) is 3.71. The van der Waals surface area contributed by atoms with Crippen molar-refractivity contribution in [1.29, 1.82) is 0 Å². The average Bonchev–Trinajstić information content (AvgIpc) is 2.63. The number of hydrogen-bond acceptors (Lipinski definition) is 3. The summed E-state index contributed by atoms with van der Waals surface area (Å²) in [6, 6.07) is 17.6. The van der Waals surface area contributed by atoms with Crippen molar-refractivity contribution >= 4 is 29.3 Å². The maximum Gasteiger partial charge on any atom is 0.303 e. The van der Waals surface area contributed by atoms with Gasteiger partial charge >= 0.3 is 5.97 Å². The fourth-order valence-electron chi connectivity index (χ4n) is 2.50. The summed E-state index contributed by atoms with van der Waals surface area (Å²) < 4.78 is 0. The molecule has 2 atom stereocenters. The van der Waals surface area contributed by atoms with Crippen molar-refractivity contribution in [2.45, 2.75) is 41.9 Å². The monoisotopic (exact) mass is 390 g/mol. The number of benzene rings is 2. The van der Waals surface area contributed by atoms with E-state index in [1.54, 1.807) is 11.8 Å². The molecule has 0 saturated heterocycles. The van der Waals surface area contributed by atoms with Gasteiger partial charge in [-0.1, -0.05) is 54.1 Å². The van der Waals surface area contributed by atoms with Gasteiger partial charge in [0.2, 0.25) is 0 Å². The van der Waals surface area contributed by atoms with Crippen LogP contribution in [0, 0.1) is 0 Å². The lowest BCUT2D eigenvalue weighted by molar-refractivity contribution is -0.137. The first-order chi connectivity index (χ1) is 12.5. The summed E-state index contributed by atoms with van der Waals surface area (Å²) in [6.45, 7) is 0. The molecule has 2 aromatic rings. The third-order valence-corrected chi connectivity index (χ3v) is 5.42. The first kappa shape index (κ1) is 20.6. The van der Waals surface area contributed by atoms with Gasteiger partial charge in [-0.15, -0.1) is 11.8 Å². The molecule has 138 valence electrons. The largest absolute Gasteiger partial charge is 0.481 e. The Balaban J connectivity index is 2.01. The molecule has 5 heteroatoms. The van der Waals surface area contributed by atoms with Gasteiger partial charge in [0.1, 0.15) is 0 Å². The van der Waals surface area contributed by atoms with Gasteiger partial charge in [0.25, 0.3) is 0 Å². The number of aliphatic hydroxyl groups excluding tert-OH is 1. The van der Waals surface area contributed by atoms with Crippen LogP contribution in [0.4, 0.5) is 0 Å². The highest BCUT2D eigenvalue weighted by atomic mass is 35.5. The SMILES string of the molecule is O=C(O)CCC[C@@H](O)[C@H](C=CCc1ccccc1)Sc1ccc(Cl)cc1. The molecule has 0 unspecified atom stereocenters. The Morgan fingerprint density at radius 3 is 2.46 bits per heavy atom. The molecule has 0 spiro atoms. The molecule has 0 fully saturated rings. The van der Waals surface area contributed by atoms with Crippen LogP contribution < -0.4 is 0 Å². The smallest absolute Gasteiger partial charge is 0.303 e. The predicted octanol–water partition coefficient (Wildman–Crippen LogP) is 5.22. The first-order valence-electron chi connectivity index (χ1n) is 8.57. The van der Waals surface area contributed by atoms with Crippen LogP contribution in [-0.2, 0) is 11.2 Å². The summed E-state index contributed by atoms with van der Waals surface area (Å²) in [7, 11) is 0. The van der Waals surface area contributed by atoms with Gasteiger partial charge < -0.3 is 10.2 Å². The van der Waals surface area contributed by atoms with Gasteiger partial charge in [0, 0.05) is 16.3 Å².